The van der Waals surface area contributed by atoms with Gasteiger partial charge in [-0.1, -0.05) is 13.8 Å². The Bertz CT molecular complexity index is 227. The fourth-order valence-corrected chi connectivity index (χ4v) is 2.77. The van der Waals surface area contributed by atoms with Gasteiger partial charge in [0.05, 0.1) is 5.25 Å². The van der Waals surface area contributed by atoms with Crippen molar-refractivity contribution in [3.8, 4) is 0 Å². The van der Waals surface area contributed by atoms with Gasteiger partial charge < -0.3 is 0 Å². The Kier molecular flexibility index (Phi) is 2.49. The Morgan fingerprint density at radius 3 is 2.09 bits per heavy atom. The molecule has 0 amide bonds. The molecule has 0 aromatic heterocycles. The summed E-state index contributed by atoms with van der Waals surface area (Å²) < 4.78 is 21.5. The second-order valence-electron chi connectivity index (χ2n) is 3.57. The van der Waals surface area contributed by atoms with Crippen molar-refractivity contribution in [2.24, 2.45) is 11.8 Å². The van der Waals surface area contributed by atoms with Crippen LogP contribution in [0.15, 0.2) is 0 Å². The summed E-state index contributed by atoms with van der Waals surface area (Å²) in [4.78, 5) is 0. The van der Waals surface area contributed by atoms with Crippen LogP contribution in [0.3, 0.4) is 0 Å². The van der Waals surface area contributed by atoms with Gasteiger partial charge in [-0.15, -0.1) is 0 Å². The first-order valence-electron chi connectivity index (χ1n) is 3.84. The highest BCUT2D eigenvalue weighted by molar-refractivity contribution is 8.14. The molecule has 0 spiro atoms. The lowest BCUT2D eigenvalue weighted by atomic mass is 9.77. The predicted octanol–water partition coefficient (Wildman–Crippen LogP) is 1.99. The van der Waals surface area contributed by atoms with E-state index in [2.05, 4.69) is 13.8 Å². The molecule has 1 rings (SSSR count). The van der Waals surface area contributed by atoms with Crippen LogP contribution in [0.5, 0.6) is 0 Å². The van der Waals surface area contributed by atoms with E-state index in [1.807, 2.05) is 0 Å². The zero-order valence-corrected chi connectivity index (χ0v) is 8.32. The SMILES string of the molecule is CC(C)C1CC(S(=O)(=O)Cl)C1. The summed E-state index contributed by atoms with van der Waals surface area (Å²) in [6.45, 7) is 4.23. The first-order chi connectivity index (χ1) is 4.91. The molecule has 0 radical (unpaired) electrons. The molecule has 66 valence electrons. The summed E-state index contributed by atoms with van der Waals surface area (Å²) >= 11 is 0. The van der Waals surface area contributed by atoms with Gasteiger partial charge in [0.25, 0.3) is 0 Å². The van der Waals surface area contributed by atoms with Crippen LogP contribution in [0.25, 0.3) is 0 Å². The van der Waals surface area contributed by atoms with Crippen molar-refractivity contribution >= 4 is 19.7 Å². The molecule has 1 aliphatic rings. The zero-order valence-electron chi connectivity index (χ0n) is 6.75. The van der Waals surface area contributed by atoms with E-state index >= 15 is 0 Å². The predicted molar refractivity (Wildman–Crippen MR) is 46.1 cm³/mol. The second kappa shape index (κ2) is 2.94. The van der Waals surface area contributed by atoms with Gasteiger partial charge in [-0.25, -0.2) is 8.42 Å². The van der Waals surface area contributed by atoms with Crippen molar-refractivity contribution in [3.63, 3.8) is 0 Å². The molecule has 1 saturated carbocycles. The van der Waals surface area contributed by atoms with Crippen molar-refractivity contribution in [1.29, 1.82) is 0 Å². The van der Waals surface area contributed by atoms with Gasteiger partial charge in [-0.05, 0) is 24.7 Å². The van der Waals surface area contributed by atoms with Crippen molar-refractivity contribution in [1.82, 2.24) is 0 Å². The summed E-state index contributed by atoms with van der Waals surface area (Å²) in [5.41, 5.74) is 0. The molecule has 11 heavy (non-hydrogen) atoms. The van der Waals surface area contributed by atoms with Crippen molar-refractivity contribution in [3.05, 3.63) is 0 Å². The highest BCUT2D eigenvalue weighted by atomic mass is 35.7. The van der Waals surface area contributed by atoms with Gasteiger partial charge in [-0.2, -0.15) is 0 Å². The smallest absolute Gasteiger partial charge is 0.212 e. The Morgan fingerprint density at radius 1 is 1.36 bits per heavy atom. The van der Waals surface area contributed by atoms with Crippen molar-refractivity contribution < 1.29 is 8.42 Å². The van der Waals surface area contributed by atoms with Crippen molar-refractivity contribution in [2.45, 2.75) is 31.9 Å². The number of hydrogen-bond donors (Lipinski definition) is 0. The van der Waals surface area contributed by atoms with Gasteiger partial charge in [0.15, 0.2) is 0 Å². The first-order valence-corrected chi connectivity index (χ1v) is 6.22. The monoisotopic (exact) mass is 196 g/mol. The molecule has 1 fully saturated rings. The van der Waals surface area contributed by atoms with Crippen LogP contribution in [0.1, 0.15) is 26.7 Å². The third-order valence-corrected chi connectivity index (χ3v) is 4.41. The maximum atomic E-state index is 10.7. The molecule has 1 aliphatic carbocycles. The Hall–Kier alpha value is 0.240. The van der Waals surface area contributed by atoms with E-state index in [9.17, 15) is 8.42 Å². The van der Waals surface area contributed by atoms with Crippen LogP contribution >= 0.6 is 10.7 Å². The molecule has 0 heterocycles. The average Bonchev–Trinajstić information content (AvgIpc) is 1.51. The van der Waals surface area contributed by atoms with E-state index in [1.54, 1.807) is 0 Å². The summed E-state index contributed by atoms with van der Waals surface area (Å²) in [6.07, 6.45) is 1.51. The molecule has 0 aromatic rings. The van der Waals surface area contributed by atoms with Crippen LogP contribution in [0.2, 0.25) is 0 Å². The zero-order chi connectivity index (χ0) is 8.65. The Morgan fingerprint density at radius 2 is 1.82 bits per heavy atom. The molecule has 0 aromatic carbocycles. The summed E-state index contributed by atoms with van der Waals surface area (Å²) in [5, 5.41) is -0.267. The van der Waals surface area contributed by atoms with Gasteiger partial charge in [0, 0.05) is 10.7 Å². The molecule has 0 unspecified atom stereocenters. The summed E-state index contributed by atoms with van der Waals surface area (Å²) in [7, 11) is 1.92. The summed E-state index contributed by atoms with van der Waals surface area (Å²) in [6, 6.07) is 0. The minimum absolute atomic E-state index is 0.267. The van der Waals surface area contributed by atoms with E-state index in [0.29, 0.717) is 11.8 Å². The highest BCUT2D eigenvalue weighted by Gasteiger charge is 2.38. The molecule has 0 N–H and O–H groups in total. The van der Waals surface area contributed by atoms with Crippen LogP contribution < -0.4 is 0 Å². The van der Waals surface area contributed by atoms with Gasteiger partial charge >= 0.3 is 0 Å². The number of rotatable bonds is 2. The average molecular weight is 197 g/mol. The lowest BCUT2D eigenvalue weighted by Gasteiger charge is -2.35. The molecule has 2 nitrogen and oxygen atoms in total. The van der Waals surface area contributed by atoms with E-state index < -0.39 is 9.05 Å². The minimum Gasteiger partial charge on any atom is -0.212 e. The van der Waals surface area contributed by atoms with E-state index in [0.717, 1.165) is 12.8 Å². The maximum absolute atomic E-state index is 10.7. The quantitative estimate of drug-likeness (QED) is 0.633. The number of halogens is 1. The fourth-order valence-electron chi connectivity index (χ4n) is 1.38. The maximum Gasteiger partial charge on any atom is 0.235 e. The van der Waals surface area contributed by atoms with Crippen molar-refractivity contribution in [2.75, 3.05) is 0 Å². The fraction of sp³-hybridized carbons (Fsp3) is 1.00. The largest absolute Gasteiger partial charge is 0.235 e. The normalized spacial score (nSPS) is 32.0. The number of hydrogen-bond acceptors (Lipinski definition) is 2. The van der Waals surface area contributed by atoms with Gasteiger partial charge in [0.1, 0.15) is 0 Å². The molecule has 0 aliphatic heterocycles. The van der Waals surface area contributed by atoms with E-state index in [1.165, 1.54) is 0 Å². The lowest BCUT2D eigenvalue weighted by Crippen LogP contribution is -2.36. The topological polar surface area (TPSA) is 34.1 Å². The van der Waals surface area contributed by atoms with Crippen LogP contribution in [-0.2, 0) is 9.05 Å². The molecule has 0 atom stereocenters. The van der Waals surface area contributed by atoms with Crippen LogP contribution in [0.4, 0.5) is 0 Å². The standard InChI is InChI=1S/C7H13ClO2S/c1-5(2)6-3-7(4-6)11(8,9)10/h5-7H,3-4H2,1-2H3. The van der Waals surface area contributed by atoms with Crippen LogP contribution in [-0.4, -0.2) is 13.7 Å². The van der Waals surface area contributed by atoms with Gasteiger partial charge in [-0.3, -0.25) is 0 Å². The van der Waals surface area contributed by atoms with Gasteiger partial charge in [0.2, 0.25) is 9.05 Å². The molecule has 0 saturated heterocycles. The second-order valence-corrected chi connectivity index (χ2v) is 6.48. The Labute approximate surface area is 72.4 Å². The molecule has 4 heteroatoms. The van der Waals surface area contributed by atoms with E-state index in [4.69, 9.17) is 10.7 Å². The molecule has 0 bridgehead atoms. The molecular weight excluding hydrogens is 184 g/mol. The minimum atomic E-state index is -3.26. The first kappa shape index (κ1) is 9.33. The third-order valence-electron chi connectivity index (χ3n) is 2.47. The summed E-state index contributed by atoms with van der Waals surface area (Å²) in [5.74, 6) is 1.15. The third kappa shape index (κ3) is 2.09. The van der Waals surface area contributed by atoms with Crippen LogP contribution in [0, 0.1) is 11.8 Å². The lowest BCUT2D eigenvalue weighted by molar-refractivity contribution is 0.239. The Balaban J connectivity index is 2.42. The molecular formula is C7H13ClO2S. The highest BCUT2D eigenvalue weighted by Crippen LogP contribution is 2.38. The van der Waals surface area contributed by atoms with E-state index in [-0.39, 0.29) is 5.25 Å².